The molecule has 19 heavy (non-hydrogen) atoms. The zero-order valence-electron chi connectivity index (χ0n) is 12.2. The molecule has 0 atom stereocenters. The van der Waals surface area contributed by atoms with Gasteiger partial charge in [0.05, 0.1) is 4.90 Å². The molecule has 5 heteroatoms. The highest BCUT2D eigenvalue weighted by Crippen LogP contribution is 2.22. The molecular formula is C14H24N2O2S. The standard InChI is InChI=1S/C14H24N2O2S/c1-5-13-9-8-12(11-15-4)10-14(13)19(17,18)16(6-2)7-3/h8-10,15H,5-7,11H2,1-4H3. The molecule has 1 aromatic carbocycles. The van der Waals surface area contributed by atoms with Crippen molar-refractivity contribution in [3.63, 3.8) is 0 Å². The summed E-state index contributed by atoms with van der Waals surface area (Å²) >= 11 is 0. The number of nitrogens with one attached hydrogen (secondary N) is 1. The molecule has 0 aliphatic heterocycles. The van der Waals surface area contributed by atoms with Gasteiger partial charge >= 0.3 is 0 Å². The average molecular weight is 284 g/mol. The Morgan fingerprint density at radius 3 is 2.26 bits per heavy atom. The first-order valence-electron chi connectivity index (χ1n) is 6.77. The van der Waals surface area contributed by atoms with Gasteiger partial charge in [0, 0.05) is 19.6 Å². The Bertz CT molecular complexity index is 508. The van der Waals surface area contributed by atoms with Crippen LogP contribution in [0.15, 0.2) is 23.1 Å². The zero-order chi connectivity index (χ0) is 14.5. The molecular weight excluding hydrogens is 260 g/mol. The van der Waals surface area contributed by atoms with E-state index in [0.29, 0.717) is 24.5 Å². The van der Waals surface area contributed by atoms with Crippen molar-refractivity contribution in [2.75, 3.05) is 20.1 Å². The van der Waals surface area contributed by atoms with Gasteiger partial charge in [0.2, 0.25) is 10.0 Å². The van der Waals surface area contributed by atoms with Gasteiger partial charge in [-0.3, -0.25) is 0 Å². The van der Waals surface area contributed by atoms with Crippen molar-refractivity contribution < 1.29 is 8.42 Å². The first-order valence-corrected chi connectivity index (χ1v) is 8.21. The lowest BCUT2D eigenvalue weighted by Crippen LogP contribution is -2.31. The molecule has 0 spiro atoms. The Kier molecular flexibility index (Phi) is 5.97. The first kappa shape index (κ1) is 16.1. The van der Waals surface area contributed by atoms with Crippen molar-refractivity contribution in [3.8, 4) is 0 Å². The first-order chi connectivity index (χ1) is 9.01. The molecule has 1 aromatic rings. The highest BCUT2D eigenvalue weighted by Gasteiger charge is 2.24. The summed E-state index contributed by atoms with van der Waals surface area (Å²) in [5.41, 5.74) is 1.87. The van der Waals surface area contributed by atoms with Crippen LogP contribution in [0.3, 0.4) is 0 Å². The van der Waals surface area contributed by atoms with E-state index < -0.39 is 10.0 Å². The van der Waals surface area contributed by atoms with Crippen LogP contribution in [0.4, 0.5) is 0 Å². The van der Waals surface area contributed by atoms with Crippen LogP contribution in [-0.2, 0) is 23.0 Å². The highest BCUT2D eigenvalue weighted by molar-refractivity contribution is 7.89. The minimum absolute atomic E-state index is 0.450. The molecule has 0 saturated heterocycles. The quantitative estimate of drug-likeness (QED) is 0.833. The number of aryl methyl sites for hydroxylation is 1. The molecule has 108 valence electrons. The fourth-order valence-corrected chi connectivity index (χ4v) is 3.95. The van der Waals surface area contributed by atoms with Crippen molar-refractivity contribution in [1.82, 2.24) is 9.62 Å². The second-order valence-electron chi connectivity index (χ2n) is 4.42. The molecule has 0 amide bonds. The molecule has 0 unspecified atom stereocenters. The molecule has 0 saturated carbocycles. The third-order valence-electron chi connectivity index (χ3n) is 3.22. The monoisotopic (exact) mass is 284 g/mol. The molecule has 0 aliphatic carbocycles. The van der Waals surface area contributed by atoms with Crippen LogP contribution in [0.1, 0.15) is 31.9 Å². The van der Waals surface area contributed by atoms with Crippen LogP contribution in [-0.4, -0.2) is 32.9 Å². The van der Waals surface area contributed by atoms with Crippen molar-refractivity contribution >= 4 is 10.0 Å². The van der Waals surface area contributed by atoms with E-state index in [1.807, 2.05) is 40.0 Å². The topological polar surface area (TPSA) is 49.4 Å². The minimum atomic E-state index is -3.38. The number of benzene rings is 1. The van der Waals surface area contributed by atoms with Crippen molar-refractivity contribution in [3.05, 3.63) is 29.3 Å². The van der Waals surface area contributed by atoms with E-state index in [2.05, 4.69) is 5.32 Å². The van der Waals surface area contributed by atoms with Crippen LogP contribution in [0.2, 0.25) is 0 Å². The normalized spacial score (nSPS) is 12.1. The fourth-order valence-electron chi connectivity index (χ4n) is 2.15. The third-order valence-corrected chi connectivity index (χ3v) is 5.35. The molecule has 4 nitrogen and oxygen atoms in total. The van der Waals surface area contributed by atoms with Gasteiger partial charge in [-0.15, -0.1) is 0 Å². The SMILES string of the molecule is CCc1ccc(CNC)cc1S(=O)(=O)N(CC)CC. The van der Waals surface area contributed by atoms with Gasteiger partial charge in [-0.25, -0.2) is 8.42 Å². The highest BCUT2D eigenvalue weighted by atomic mass is 32.2. The Labute approximate surface area is 116 Å². The van der Waals surface area contributed by atoms with Crippen LogP contribution in [0.5, 0.6) is 0 Å². The smallest absolute Gasteiger partial charge is 0.243 e. The van der Waals surface area contributed by atoms with E-state index in [1.165, 1.54) is 4.31 Å². The van der Waals surface area contributed by atoms with Crippen LogP contribution in [0.25, 0.3) is 0 Å². The summed E-state index contributed by atoms with van der Waals surface area (Å²) in [5, 5.41) is 3.05. The summed E-state index contributed by atoms with van der Waals surface area (Å²) in [4.78, 5) is 0.450. The molecule has 0 aromatic heterocycles. The van der Waals surface area contributed by atoms with Crippen LogP contribution >= 0.6 is 0 Å². The maximum atomic E-state index is 12.6. The number of hydrogen-bond acceptors (Lipinski definition) is 3. The number of rotatable bonds is 7. The van der Waals surface area contributed by atoms with Crippen LogP contribution in [0, 0.1) is 0 Å². The Morgan fingerprint density at radius 2 is 1.79 bits per heavy atom. The lowest BCUT2D eigenvalue weighted by atomic mass is 10.1. The summed E-state index contributed by atoms with van der Waals surface area (Å²) in [6, 6.07) is 5.70. The molecule has 0 aliphatic rings. The summed E-state index contributed by atoms with van der Waals surface area (Å²) in [6.45, 7) is 7.38. The van der Waals surface area contributed by atoms with E-state index in [4.69, 9.17) is 0 Å². The lowest BCUT2D eigenvalue weighted by Gasteiger charge is -2.21. The van der Waals surface area contributed by atoms with Gasteiger partial charge in [0.25, 0.3) is 0 Å². The van der Waals surface area contributed by atoms with E-state index >= 15 is 0 Å². The molecule has 1 rings (SSSR count). The van der Waals surface area contributed by atoms with E-state index in [0.717, 1.165) is 17.5 Å². The predicted octanol–water partition coefficient (Wildman–Crippen LogP) is 2.00. The summed E-state index contributed by atoms with van der Waals surface area (Å²) in [7, 11) is -1.53. The maximum Gasteiger partial charge on any atom is 0.243 e. The van der Waals surface area contributed by atoms with E-state index in [9.17, 15) is 8.42 Å². The Hall–Kier alpha value is -0.910. The van der Waals surface area contributed by atoms with Crippen LogP contribution < -0.4 is 5.32 Å². The second-order valence-corrected chi connectivity index (χ2v) is 6.32. The van der Waals surface area contributed by atoms with E-state index in [1.54, 1.807) is 6.07 Å². The van der Waals surface area contributed by atoms with Gasteiger partial charge in [0.15, 0.2) is 0 Å². The van der Waals surface area contributed by atoms with Gasteiger partial charge < -0.3 is 5.32 Å². The largest absolute Gasteiger partial charge is 0.316 e. The average Bonchev–Trinajstić information content (AvgIpc) is 2.40. The summed E-state index contributed by atoms with van der Waals surface area (Å²) in [5.74, 6) is 0. The number of nitrogens with zero attached hydrogens (tertiary/aromatic N) is 1. The molecule has 0 bridgehead atoms. The Morgan fingerprint density at radius 1 is 1.16 bits per heavy atom. The predicted molar refractivity (Wildman–Crippen MR) is 78.7 cm³/mol. The molecule has 1 N–H and O–H groups in total. The van der Waals surface area contributed by atoms with Gasteiger partial charge in [-0.1, -0.05) is 32.9 Å². The number of hydrogen-bond donors (Lipinski definition) is 1. The summed E-state index contributed by atoms with van der Waals surface area (Å²) < 4.78 is 26.8. The van der Waals surface area contributed by atoms with Crippen molar-refractivity contribution in [1.29, 1.82) is 0 Å². The van der Waals surface area contributed by atoms with Gasteiger partial charge in [-0.2, -0.15) is 4.31 Å². The van der Waals surface area contributed by atoms with Crippen molar-refractivity contribution in [2.24, 2.45) is 0 Å². The van der Waals surface area contributed by atoms with Gasteiger partial charge in [0.1, 0.15) is 0 Å². The van der Waals surface area contributed by atoms with E-state index in [-0.39, 0.29) is 0 Å². The zero-order valence-corrected chi connectivity index (χ0v) is 13.0. The second kappa shape index (κ2) is 7.03. The fraction of sp³-hybridized carbons (Fsp3) is 0.571. The third kappa shape index (κ3) is 3.55. The molecule has 0 heterocycles. The number of sulfonamides is 1. The Balaban J connectivity index is 3.33. The minimum Gasteiger partial charge on any atom is -0.316 e. The van der Waals surface area contributed by atoms with Crippen molar-refractivity contribution in [2.45, 2.75) is 38.6 Å². The lowest BCUT2D eigenvalue weighted by molar-refractivity contribution is 0.444. The molecule has 0 fully saturated rings. The van der Waals surface area contributed by atoms with Gasteiger partial charge in [-0.05, 0) is 30.7 Å². The molecule has 0 radical (unpaired) electrons. The summed E-state index contributed by atoms with van der Waals surface area (Å²) in [6.07, 6.45) is 0.718. The maximum absolute atomic E-state index is 12.6.